The van der Waals surface area contributed by atoms with E-state index in [2.05, 4.69) is 0 Å². The minimum atomic E-state index is -4.38. The third-order valence-corrected chi connectivity index (χ3v) is 3.90. The van der Waals surface area contributed by atoms with Crippen LogP contribution < -0.4 is 0 Å². The Balaban J connectivity index is 2.21. The number of hydrogen-bond acceptors (Lipinski definition) is 2. The number of carbonyl (C=O) groups is 1. The molecule has 2 rings (SSSR count). The number of carbonyl (C=O) groups excluding carboxylic acids is 1. The summed E-state index contributed by atoms with van der Waals surface area (Å²) in [4.78, 5) is 14.0. The number of aliphatic hydroxyl groups is 1. The molecule has 0 radical (unpaired) electrons. The van der Waals surface area contributed by atoms with Gasteiger partial charge in [-0.15, -0.1) is 0 Å². The number of β-amino-alcohol motifs (C(OH)–C–C–N with tert-alkyl or cyclic N) is 1. The quantitative estimate of drug-likeness (QED) is 0.897. The second-order valence-electron chi connectivity index (χ2n) is 7.31. The number of hydrogen-bond donors (Lipinski definition) is 1. The zero-order chi connectivity index (χ0) is 17.4. The Morgan fingerprint density at radius 1 is 1.22 bits per heavy atom. The number of rotatable bonds is 2. The van der Waals surface area contributed by atoms with Crippen molar-refractivity contribution in [1.82, 2.24) is 4.90 Å². The lowest BCUT2D eigenvalue weighted by Crippen LogP contribution is -2.34. The summed E-state index contributed by atoms with van der Waals surface area (Å²) in [7, 11) is 0. The van der Waals surface area contributed by atoms with Crippen molar-refractivity contribution in [3.05, 3.63) is 35.4 Å². The van der Waals surface area contributed by atoms with Gasteiger partial charge in [-0.1, -0.05) is 32.9 Å². The largest absolute Gasteiger partial charge is 0.416 e. The second kappa shape index (κ2) is 6.15. The summed E-state index contributed by atoms with van der Waals surface area (Å²) < 4.78 is 37.9. The SMILES string of the molecule is CC(C)(C)CC(=O)N1CC(O)CC1c1ccc(C(F)(F)F)cc1. The van der Waals surface area contributed by atoms with E-state index in [1.165, 1.54) is 12.1 Å². The van der Waals surface area contributed by atoms with Gasteiger partial charge < -0.3 is 10.0 Å². The first-order valence-corrected chi connectivity index (χ1v) is 7.62. The average Bonchev–Trinajstić information content (AvgIpc) is 2.78. The molecule has 3 nitrogen and oxygen atoms in total. The molecule has 0 saturated carbocycles. The van der Waals surface area contributed by atoms with Gasteiger partial charge >= 0.3 is 6.18 Å². The molecule has 1 heterocycles. The first-order chi connectivity index (χ1) is 10.5. The fourth-order valence-electron chi connectivity index (χ4n) is 2.85. The van der Waals surface area contributed by atoms with Gasteiger partial charge in [0, 0.05) is 13.0 Å². The second-order valence-corrected chi connectivity index (χ2v) is 7.31. The molecule has 1 saturated heterocycles. The average molecular weight is 329 g/mol. The monoisotopic (exact) mass is 329 g/mol. The van der Waals surface area contributed by atoms with Gasteiger partial charge in [0.2, 0.25) is 5.91 Å². The number of benzene rings is 1. The minimum absolute atomic E-state index is 0.0843. The van der Waals surface area contributed by atoms with Gasteiger partial charge in [0.1, 0.15) is 0 Å². The molecule has 1 aliphatic rings. The molecule has 0 bridgehead atoms. The van der Waals surface area contributed by atoms with Crippen LogP contribution in [0.5, 0.6) is 0 Å². The molecule has 2 atom stereocenters. The van der Waals surface area contributed by atoms with Crippen molar-refractivity contribution < 1.29 is 23.1 Å². The zero-order valence-electron chi connectivity index (χ0n) is 13.5. The number of alkyl halides is 3. The summed E-state index contributed by atoms with van der Waals surface area (Å²) in [6.07, 6.45) is -4.35. The van der Waals surface area contributed by atoms with Crippen LogP contribution in [0.3, 0.4) is 0 Å². The minimum Gasteiger partial charge on any atom is -0.391 e. The van der Waals surface area contributed by atoms with Crippen molar-refractivity contribution in [1.29, 1.82) is 0 Å². The van der Waals surface area contributed by atoms with Crippen LogP contribution in [-0.4, -0.2) is 28.6 Å². The Labute approximate surface area is 134 Å². The number of aliphatic hydroxyl groups excluding tert-OH is 1. The first kappa shape index (κ1) is 17.8. The molecule has 128 valence electrons. The molecule has 1 amide bonds. The number of likely N-dealkylation sites (tertiary alicyclic amines) is 1. The summed E-state index contributed by atoms with van der Waals surface area (Å²) in [5.74, 6) is -0.0843. The highest BCUT2D eigenvalue weighted by Crippen LogP contribution is 2.36. The lowest BCUT2D eigenvalue weighted by atomic mass is 9.91. The van der Waals surface area contributed by atoms with Gasteiger partial charge in [-0.3, -0.25) is 4.79 Å². The van der Waals surface area contributed by atoms with Gasteiger partial charge in [0.05, 0.1) is 17.7 Å². The van der Waals surface area contributed by atoms with Crippen molar-refractivity contribution in [3.63, 3.8) is 0 Å². The van der Waals surface area contributed by atoms with Gasteiger partial charge in [0.15, 0.2) is 0 Å². The number of nitrogens with zero attached hydrogens (tertiary/aromatic N) is 1. The fourth-order valence-corrected chi connectivity index (χ4v) is 2.85. The highest BCUT2D eigenvalue weighted by Gasteiger charge is 2.37. The molecular formula is C17H22F3NO2. The molecule has 0 aromatic heterocycles. The van der Waals surface area contributed by atoms with Gasteiger partial charge in [0.25, 0.3) is 0 Å². The highest BCUT2D eigenvalue weighted by atomic mass is 19.4. The predicted octanol–water partition coefficient (Wildman–Crippen LogP) is 3.78. The van der Waals surface area contributed by atoms with Crippen molar-refractivity contribution in [2.75, 3.05) is 6.54 Å². The molecule has 0 aliphatic carbocycles. The molecule has 1 N–H and O–H groups in total. The van der Waals surface area contributed by atoms with Crippen LogP contribution in [0.1, 0.15) is 50.8 Å². The van der Waals surface area contributed by atoms with Crippen molar-refractivity contribution in [3.8, 4) is 0 Å². The Morgan fingerprint density at radius 2 is 1.78 bits per heavy atom. The molecule has 1 aromatic carbocycles. The zero-order valence-corrected chi connectivity index (χ0v) is 13.5. The van der Waals surface area contributed by atoms with Crippen LogP contribution in [0.4, 0.5) is 13.2 Å². The number of halogens is 3. The molecule has 1 aliphatic heterocycles. The maximum absolute atomic E-state index is 12.6. The summed E-state index contributed by atoms with van der Waals surface area (Å²) in [6, 6.07) is 4.45. The van der Waals surface area contributed by atoms with Crippen LogP contribution in [0.15, 0.2) is 24.3 Å². The topological polar surface area (TPSA) is 40.5 Å². The van der Waals surface area contributed by atoms with Gasteiger partial charge in [-0.25, -0.2) is 0 Å². The van der Waals surface area contributed by atoms with Crippen molar-refractivity contribution >= 4 is 5.91 Å². The molecule has 23 heavy (non-hydrogen) atoms. The Bertz CT molecular complexity index is 561. The Hall–Kier alpha value is -1.56. The van der Waals surface area contributed by atoms with E-state index in [4.69, 9.17) is 0 Å². The summed E-state index contributed by atoms with van der Waals surface area (Å²) in [5, 5.41) is 9.89. The summed E-state index contributed by atoms with van der Waals surface area (Å²) >= 11 is 0. The van der Waals surface area contributed by atoms with E-state index in [1.807, 2.05) is 20.8 Å². The van der Waals surface area contributed by atoms with Crippen LogP contribution in [0.25, 0.3) is 0 Å². The maximum Gasteiger partial charge on any atom is 0.416 e. The van der Waals surface area contributed by atoms with E-state index in [9.17, 15) is 23.1 Å². The smallest absolute Gasteiger partial charge is 0.391 e. The third-order valence-electron chi connectivity index (χ3n) is 3.90. The molecule has 1 aromatic rings. The maximum atomic E-state index is 12.6. The van der Waals surface area contributed by atoms with E-state index in [0.29, 0.717) is 18.4 Å². The van der Waals surface area contributed by atoms with Crippen molar-refractivity contribution in [2.24, 2.45) is 5.41 Å². The third kappa shape index (κ3) is 4.47. The molecule has 6 heteroatoms. The highest BCUT2D eigenvalue weighted by molar-refractivity contribution is 5.77. The van der Waals surface area contributed by atoms with E-state index < -0.39 is 17.8 Å². The standard InChI is InChI=1S/C17H22F3NO2/c1-16(2,3)9-15(23)21-10-13(22)8-14(21)11-4-6-12(7-5-11)17(18,19)20/h4-7,13-14,22H,8-10H2,1-3H3. The normalized spacial score (nSPS) is 22.5. The Morgan fingerprint density at radius 3 is 2.26 bits per heavy atom. The van der Waals surface area contributed by atoms with E-state index >= 15 is 0 Å². The molecule has 2 unspecified atom stereocenters. The van der Waals surface area contributed by atoms with Gasteiger partial charge in [-0.2, -0.15) is 13.2 Å². The van der Waals surface area contributed by atoms with Crippen LogP contribution in [-0.2, 0) is 11.0 Å². The van der Waals surface area contributed by atoms with E-state index in [0.717, 1.165) is 12.1 Å². The van der Waals surface area contributed by atoms with Gasteiger partial charge in [-0.05, 0) is 29.5 Å². The Kier molecular flexibility index (Phi) is 4.76. The lowest BCUT2D eigenvalue weighted by molar-refractivity contribution is -0.138. The fraction of sp³-hybridized carbons (Fsp3) is 0.588. The summed E-state index contributed by atoms with van der Waals surface area (Å²) in [5.41, 5.74) is -0.279. The molecule has 0 spiro atoms. The van der Waals surface area contributed by atoms with Crippen LogP contribution in [0, 0.1) is 5.41 Å². The van der Waals surface area contributed by atoms with E-state index in [-0.39, 0.29) is 23.9 Å². The predicted molar refractivity (Wildman–Crippen MR) is 80.6 cm³/mol. The van der Waals surface area contributed by atoms with Crippen LogP contribution in [0.2, 0.25) is 0 Å². The van der Waals surface area contributed by atoms with Crippen LogP contribution >= 0.6 is 0 Å². The van der Waals surface area contributed by atoms with E-state index in [1.54, 1.807) is 4.90 Å². The number of amides is 1. The molecular weight excluding hydrogens is 307 g/mol. The summed E-state index contributed by atoms with van der Waals surface area (Å²) in [6.45, 7) is 6.07. The molecule has 1 fully saturated rings. The lowest BCUT2D eigenvalue weighted by Gasteiger charge is -2.28. The first-order valence-electron chi connectivity index (χ1n) is 7.62. The van der Waals surface area contributed by atoms with Crippen molar-refractivity contribution in [2.45, 2.75) is 51.9 Å².